The fourth-order valence-corrected chi connectivity index (χ4v) is 2.74. The van der Waals surface area contributed by atoms with Crippen LogP contribution in [0.3, 0.4) is 0 Å². The lowest BCUT2D eigenvalue weighted by atomic mass is 10.1. The predicted molar refractivity (Wildman–Crippen MR) is 85.8 cm³/mol. The van der Waals surface area contributed by atoms with Gasteiger partial charge >= 0.3 is 0 Å². The number of nitrogens with zero attached hydrogens (tertiary/aromatic N) is 2. The Morgan fingerprint density at radius 3 is 2.62 bits per heavy atom. The molecule has 2 heterocycles. The van der Waals surface area contributed by atoms with Crippen LogP contribution in [0.25, 0.3) is 16.9 Å². The first-order valence-electron chi connectivity index (χ1n) is 6.31. The maximum absolute atomic E-state index is 6.16. The second kappa shape index (κ2) is 5.56. The molecule has 0 radical (unpaired) electrons. The van der Waals surface area contributed by atoms with Crippen LogP contribution in [-0.2, 0) is 11.3 Å². The van der Waals surface area contributed by atoms with Crippen molar-refractivity contribution in [2.24, 2.45) is 0 Å². The molecule has 0 atom stereocenters. The van der Waals surface area contributed by atoms with Crippen molar-refractivity contribution < 1.29 is 4.74 Å². The molecule has 3 rings (SSSR count). The van der Waals surface area contributed by atoms with Gasteiger partial charge in [0.05, 0.1) is 16.7 Å². The Bertz CT molecular complexity index is 797. The number of halogens is 2. The smallest absolute Gasteiger partial charge is 0.158 e. The molecule has 21 heavy (non-hydrogen) atoms. The zero-order chi connectivity index (χ0) is 15.0. The van der Waals surface area contributed by atoms with Gasteiger partial charge in [0.2, 0.25) is 0 Å². The summed E-state index contributed by atoms with van der Waals surface area (Å²) in [4.78, 5) is 4.51. The van der Waals surface area contributed by atoms with E-state index in [9.17, 15) is 0 Å². The van der Waals surface area contributed by atoms with Crippen LogP contribution in [0.1, 0.15) is 5.56 Å². The predicted octanol–water partition coefficient (Wildman–Crippen LogP) is 4.04. The molecular weight excluding hydrogens is 309 g/mol. The summed E-state index contributed by atoms with van der Waals surface area (Å²) in [6.45, 7) is 0.572. The molecule has 0 saturated carbocycles. The Labute approximate surface area is 132 Å². The molecule has 0 bridgehead atoms. The molecule has 4 nitrogen and oxygen atoms in total. The van der Waals surface area contributed by atoms with Crippen molar-refractivity contribution in [2.75, 3.05) is 12.8 Å². The highest BCUT2D eigenvalue weighted by Crippen LogP contribution is 2.31. The highest BCUT2D eigenvalue weighted by Gasteiger charge is 2.14. The number of benzene rings is 1. The van der Waals surface area contributed by atoms with Gasteiger partial charge in [-0.3, -0.25) is 4.40 Å². The van der Waals surface area contributed by atoms with E-state index in [1.807, 2.05) is 24.3 Å². The van der Waals surface area contributed by atoms with Crippen molar-refractivity contribution in [3.8, 4) is 11.3 Å². The number of imidazole rings is 1. The quantitative estimate of drug-likeness (QED) is 0.792. The SMILES string of the molecule is COCc1ccc(-c2nc3c(Cl)cc(Cl)cn3c2N)cc1. The van der Waals surface area contributed by atoms with Gasteiger partial charge in [-0.05, 0) is 11.6 Å². The van der Waals surface area contributed by atoms with Crippen molar-refractivity contribution >= 4 is 34.7 Å². The van der Waals surface area contributed by atoms with E-state index in [-0.39, 0.29) is 0 Å². The third kappa shape index (κ3) is 2.58. The Morgan fingerprint density at radius 1 is 1.24 bits per heavy atom. The number of rotatable bonds is 3. The van der Waals surface area contributed by atoms with E-state index in [1.165, 1.54) is 0 Å². The molecule has 0 saturated heterocycles. The molecule has 0 fully saturated rings. The maximum Gasteiger partial charge on any atom is 0.158 e. The molecular formula is C15H13Cl2N3O. The van der Waals surface area contributed by atoms with Gasteiger partial charge in [0, 0.05) is 18.9 Å². The first kappa shape index (κ1) is 14.2. The summed E-state index contributed by atoms with van der Waals surface area (Å²) in [7, 11) is 1.67. The van der Waals surface area contributed by atoms with Crippen LogP contribution in [0.5, 0.6) is 0 Å². The van der Waals surface area contributed by atoms with E-state index in [4.69, 9.17) is 33.7 Å². The fraction of sp³-hybridized carbons (Fsp3) is 0.133. The summed E-state index contributed by atoms with van der Waals surface area (Å²) < 4.78 is 6.80. The van der Waals surface area contributed by atoms with E-state index in [2.05, 4.69) is 4.98 Å². The monoisotopic (exact) mass is 321 g/mol. The minimum Gasteiger partial charge on any atom is -0.383 e. The van der Waals surface area contributed by atoms with Gasteiger partial charge < -0.3 is 10.5 Å². The van der Waals surface area contributed by atoms with Crippen LogP contribution in [0, 0.1) is 0 Å². The highest BCUT2D eigenvalue weighted by molar-refractivity contribution is 6.36. The molecule has 0 aliphatic carbocycles. The van der Waals surface area contributed by atoms with E-state index < -0.39 is 0 Å². The molecule has 1 aromatic carbocycles. The normalized spacial score (nSPS) is 11.2. The lowest BCUT2D eigenvalue weighted by molar-refractivity contribution is 0.185. The minimum absolute atomic E-state index is 0.469. The molecule has 0 spiro atoms. The van der Waals surface area contributed by atoms with Crippen molar-refractivity contribution in [1.82, 2.24) is 9.38 Å². The van der Waals surface area contributed by atoms with E-state index in [0.29, 0.717) is 33.8 Å². The summed E-state index contributed by atoms with van der Waals surface area (Å²) in [6, 6.07) is 9.54. The summed E-state index contributed by atoms with van der Waals surface area (Å²) in [5.41, 5.74) is 9.45. The summed E-state index contributed by atoms with van der Waals surface area (Å²) in [5.74, 6) is 0.508. The number of fused-ring (bicyclic) bond motifs is 1. The van der Waals surface area contributed by atoms with Crippen LogP contribution in [0.4, 0.5) is 5.82 Å². The van der Waals surface area contributed by atoms with Crippen molar-refractivity contribution in [3.63, 3.8) is 0 Å². The first-order valence-corrected chi connectivity index (χ1v) is 7.06. The van der Waals surface area contributed by atoms with Gasteiger partial charge in [-0.15, -0.1) is 0 Å². The number of aromatic nitrogens is 2. The van der Waals surface area contributed by atoms with Gasteiger partial charge in [0.25, 0.3) is 0 Å². The maximum atomic E-state index is 6.16. The van der Waals surface area contributed by atoms with Gasteiger partial charge in [0.1, 0.15) is 11.5 Å². The zero-order valence-electron chi connectivity index (χ0n) is 11.3. The van der Waals surface area contributed by atoms with Crippen LogP contribution in [0.15, 0.2) is 36.5 Å². The molecule has 6 heteroatoms. The van der Waals surface area contributed by atoms with E-state index in [0.717, 1.165) is 11.1 Å². The number of nitrogens with two attached hydrogens (primary N) is 1. The number of methoxy groups -OCH3 is 1. The van der Waals surface area contributed by atoms with Gasteiger partial charge in [-0.25, -0.2) is 4.98 Å². The molecule has 2 N–H and O–H groups in total. The van der Waals surface area contributed by atoms with Crippen LogP contribution < -0.4 is 5.73 Å². The molecule has 0 unspecified atom stereocenters. The van der Waals surface area contributed by atoms with Crippen molar-refractivity contribution in [2.45, 2.75) is 6.61 Å². The number of hydrogen-bond donors (Lipinski definition) is 1. The molecule has 108 valence electrons. The third-order valence-electron chi connectivity index (χ3n) is 3.22. The second-order valence-corrected chi connectivity index (χ2v) is 5.52. The Morgan fingerprint density at radius 2 is 1.95 bits per heavy atom. The molecule has 0 aliphatic heterocycles. The number of hydrogen-bond acceptors (Lipinski definition) is 3. The summed E-state index contributed by atoms with van der Waals surface area (Å²) in [5, 5.41) is 0.982. The van der Waals surface area contributed by atoms with Gasteiger partial charge in [-0.2, -0.15) is 0 Å². The molecule has 0 aliphatic rings. The molecule has 3 aromatic rings. The lowest BCUT2D eigenvalue weighted by Crippen LogP contribution is -1.94. The van der Waals surface area contributed by atoms with Gasteiger partial charge in [0.15, 0.2) is 5.65 Å². The number of pyridine rings is 1. The van der Waals surface area contributed by atoms with Crippen molar-refractivity contribution in [3.05, 3.63) is 52.1 Å². The lowest BCUT2D eigenvalue weighted by Gasteiger charge is -2.02. The summed E-state index contributed by atoms with van der Waals surface area (Å²) in [6.07, 6.45) is 1.70. The summed E-state index contributed by atoms with van der Waals surface area (Å²) >= 11 is 12.2. The van der Waals surface area contributed by atoms with Crippen LogP contribution in [0.2, 0.25) is 10.0 Å². The fourth-order valence-electron chi connectivity index (χ4n) is 2.23. The topological polar surface area (TPSA) is 52.5 Å². The molecule has 0 amide bonds. The van der Waals surface area contributed by atoms with E-state index in [1.54, 1.807) is 23.8 Å². The van der Waals surface area contributed by atoms with Crippen LogP contribution in [-0.4, -0.2) is 16.5 Å². The number of nitrogen functional groups attached to an aromatic ring is 1. The standard InChI is InChI=1S/C15H13Cl2N3O/c1-21-8-9-2-4-10(5-3-9)13-14(18)20-7-11(16)6-12(17)15(20)19-13/h2-7H,8,18H2,1H3. The third-order valence-corrected chi connectivity index (χ3v) is 3.70. The molecule has 2 aromatic heterocycles. The zero-order valence-corrected chi connectivity index (χ0v) is 12.8. The largest absolute Gasteiger partial charge is 0.383 e. The Kier molecular flexibility index (Phi) is 3.76. The number of ether oxygens (including phenoxy) is 1. The Hall–Kier alpha value is -1.75. The average molecular weight is 322 g/mol. The highest BCUT2D eigenvalue weighted by atomic mass is 35.5. The van der Waals surface area contributed by atoms with Crippen LogP contribution >= 0.6 is 23.2 Å². The first-order chi connectivity index (χ1) is 10.1. The van der Waals surface area contributed by atoms with Crippen molar-refractivity contribution in [1.29, 1.82) is 0 Å². The number of anilines is 1. The van der Waals surface area contributed by atoms with Gasteiger partial charge in [-0.1, -0.05) is 47.5 Å². The average Bonchev–Trinajstić information content (AvgIpc) is 2.78. The minimum atomic E-state index is 0.469. The Balaban J connectivity index is 2.12. The second-order valence-electron chi connectivity index (χ2n) is 4.68. The van der Waals surface area contributed by atoms with E-state index >= 15 is 0 Å².